The summed E-state index contributed by atoms with van der Waals surface area (Å²) in [6.45, 7) is 7.14. The molecule has 1 heterocycles. The topological polar surface area (TPSA) is 15.3 Å². The van der Waals surface area contributed by atoms with Crippen molar-refractivity contribution < 1.29 is 13.2 Å². The van der Waals surface area contributed by atoms with Gasteiger partial charge in [0.05, 0.1) is 0 Å². The van der Waals surface area contributed by atoms with E-state index in [1.165, 1.54) is 0 Å². The molecule has 1 aromatic carbocycles. The number of hydrogen-bond acceptors (Lipinski definition) is 2. The molecule has 0 spiro atoms. The lowest BCUT2D eigenvalue weighted by Gasteiger charge is -2.38. The van der Waals surface area contributed by atoms with Crippen LogP contribution in [-0.4, -0.2) is 31.1 Å². The lowest BCUT2D eigenvalue weighted by Crippen LogP contribution is -2.46. The Balaban J connectivity index is 0.00000220. The van der Waals surface area contributed by atoms with E-state index in [2.05, 4.69) is 10.2 Å². The van der Waals surface area contributed by atoms with Crippen LogP contribution in [0.5, 0.6) is 0 Å². The maximum atomic E-state index is 14.1. The Morgan fingerprint density at radius 2 is 1.73 bits per heavy atom. The van der Waals surface area contributed by atoms with Gasteiger partial charge in [0, 0.05) is 43.9 Å². The van der Waals surface area contributed by atoms with Gasteiger partial charge in [-0.05, 0) is 12.0 Å². The predicted octanol–water partition coefficient (Wildman–Crippen LogP) is 3.94. The van der Waals surface area contributed by atoms with Crippen molar-refractivity contribution in [3.05, 3.63) is 35.1 Å². The van der Waals surface area contributed by atoms with Crippen molar-refractivity contribution in [1.29, 1.82) is 0 Å². The van der Waals surface area contributed by atoms with Crippen LogP contribution in [0.1, 0.15) is 31.9 Å². The first kappa shape index (κ1) is 21.5. The molecule has 0 aromatic heterocycles. The summed E-state index contributed by atoms with van der Waals surface area (Å²) in [7, 11) is 0. The van der Waals surface area contributed by atoms with E-state index in [9.17, 15) is 13.2 Å². The van der Waals surface area contributed by atoms with Crippen LogP contribution in [0, 0.1) is 23.4 Å². The fraction of sp³-hybridized carbons (Fsp3) is 0.600. The summed E-state index contributed by atoms with van der Waals surface area (Å²) in [6, 6.07) is 1.45. The Kier molecular flexibility index (Phi) is 9.39. The van der Waals surface area contributed by atoms with Crippen LogP contribution in [0.3, 0.4) is 0 Å². The van der Waals surface area contributed by atoms with Gasteiger partial charge in [0.1, 0.15) is 5.82 Å². The highest BCUT2D eigenvalue weighted by atomic mass is 35.5. The zero-order chi connectivity index (χ0) is 14.7. The van der Waals surface area contributed by atoms with E-state index in [1.54, 1.807) is 0 Å². The average molecular weight is 359 g/mol. The standard InChI is InChI=1S/C15H21F3N2.2ClH/c1-3-10(2)15(20-6-4-19-5-7-20)12-8-11(16)9-13(17)14(12)18;;/h8-10,15,19H,3-7H2,1-2H3;2*1H/t10?,15-;;/m0../s1. The van der Waals surface area contributed by atoms with Gasteiger partial charge >= 0.3 is 0 Å². The van der Waals surface area contributed by atoms with Gasteiger partial charge in [0.15, 0.2) is 11.6 Å². The third kappa shape index (κ3) is 4.75. The zero-order valence-electron chi connectivity index (χ0n) is 12.7. The Labute approximate surface area is 142 Å². The molecule has 1 saturated heterocycles. The third-order valence-corrected chi connectivity index (χ3v) is 4.07. The molecule has 0 bridgehead atoms. The van der Waals surface area contributed by atoms with Crippen molar-refractivity contribution in [2.24, 2.45) is 5.92 Å². The smallest absolute Gasteiger partial charge is 0.163 e. The van der Waals surface area contributed by atoms with Crippen LogP contribution in [0.2, 0.25) is 0 Å². The largest absolute Gasteiger partial charge is 0.314 e. The molecule has 0 aliphatic carbocycles. The number of hydrogen-bond donors (Lipinski definition) is 1. The van der Waals surface area contributed by atoms with Crippen LogP contribution in [0.4, 0.5) is 13.2 Å². The predicted molar refractivity (Wildman–Crippen MR) is 87.5 cm³/mol. The second-order valence-electron chi connectivity index (χ2n) is 5.41. The SMILES string of the molecule is CCC(C)[C@@H](c1cc(F)cc(F)c1F)N1CCNCC1.Cl.Cl. The van der Waals surface area contributed by atoms with Crippen LogP contribution in [0.15, 0.2) is 12.1 Å². The van der Waals surface area contributed by atoms with Crippen LogP contribution in [0.25, 0.3) is 0 Å². The van der Waals surface area contributed by atoms with Gasteiger partial charge in [0.25, 0.3) is 0 Å². The molecule has 2 rings (SSSR count). The van der Waals surface area contributed by atoms with Gasteiger partial charge in [-0.25, -0.2) is 13.2 Å². The maximum Gasteiger partial charge on any atom is 0.163 e. The Morgan fingerprint density at radius 1 is 1.14 bits per heavy atom. The van der Waals surface area contributed by atoms with Crippen molar-refractivity contribution >= 4 is 24.8 Å². The summed E-state index contributed by atoms with van der Waals surface area (Å²) in [5.74, 6) is -2.62. The van der Waals surface area contributed by atoms with Gasteiger partial charge in [-0.3, -0.25) is 4.90 Å². The van der Waals surface area contributed by atoms with Gasteiger partial charge in [-0.15, -0.1) is 24.8 Å². The number of rotatable bonds is 4. The van der Waals surface area contributed by atoms with Gasteiger partial charge in [-0.1, -0.05) is 20.3 Å². The minimum atomic E-state index is -1.11. The molecule has 2 atom stereocenters. The molecule has 0 radical (unpaired) electrons. The van der Waals surface area contributed by atoms with Gasteiger partial charge in [0.2, 0.25) is 0 Å². The van der Waals surface area contributed by atoms with Crippen LogP contribution in [-0.2, 0) is 0 Å². The lowest BCUT2D eigenvalue weighted by molar-refractivity contribution is 0.124. The number of nitrogens with zero attached hydrogens (tertiary/aromatic N) is 1. The summed E-state index contributed by atoms with van der Waals surface area (Å²) in [4.78, 5) is 2.11. The molecule has 1 N–H and O–H groups in total. The Hall–Kier alpha value is -0.490. The third-order valence-electron chi connectivity index (χ3n) is 4.07. The summed E-state index contributed by atoms with van der Waals surface area (Å²) in [5, 5.41) is 3.23. The Bertz CT molecular complexity index is 468. The molecule has 2 nitrogen and oxygen atoms in total. The zero-order valence-corrected chi connectivity index (χ0v) is 14.4. The van der Waals surface area contributed by atoms with Crippen molar-refractivity contribution in [3.63, 3.8) is 0 Å². The van der Waals surface area contributed by atoms with Gasteiger partial charge in [-0.2, -0.15) is 0 Å². The number of nitrogens with one attached hydrogen (secondary N) is 1. The molecular weight excluding hydrogens is 336 g/mol. The van der Waals surface area contributed by atoms with Crippen molar-refractivity contribution in [2.45, 2.75) is 26.3 Å². The monoisotopic (exact) mass is 358 g/mol. The minimum Gasteiger partial charge on any atom is -0.314 e. The van der Waals surface area contributed by atoms with Crippen LogP contribution >= 0.6 is 24.8 Å². The minimum absolute atomic E-state index is 0. The normalized spacial score (nSPS) is 18.0. The second kappa shape index (κ2) is 9.60. The molecule has 0 amide bonds. The number of benzene rings is 1. The van der Waals surface area contributed by atoms with Crippen molar-refractivity contribution in [2.75, 3.05) is 26.2 Å². The van der Waals surface area contributed by atoms with Crippen molar-refractivity contribution in [3.8, 4) is 0 Å². The van der Waals surface area contributed by atoms with E-state index < -0.39 is 17.5 Å². The first-order valence-electron chi connectivity index (χ1n) is 7.13. The summed E-state index contributed by atoms with van der Waals surface area (Å²) < 4.78 is 41.1. The number of halogens is 5. The maximum absolute atomic E-state index is 14.1. The first-order chi connectivity index (χ1) is 9.54. The Morgan fingerprint density at radius 3 is 2.27 bits per heavy atom. The van der Waals surface area contributed by atoms with E-state index in [0.717, 1.165) is 38.7 Å². The summed E-state index contributed by atoms with van der Waals surface area (Å²) in [6.07, 6.45) is 0.826. The highest BCUT2D eigenvalue weighted by molar-refractivity contribution is 5.85. The van der Waals surface area contributed by atoms with E-state index in [0.29, 0.717) is 6.07 Å². The molecule has 1 fully saturated rings. The molecule has 1 aliphatic heterocycles. The number of piperazine rings is 1. The summed E-state index contributed by atoms with van der Waals surface area (Å²) >= 11 is 0. The van der Waals surface area contributed by atoms with Gasteiger partial charge < -0.3 is 5.32 Å². The van der Waals surface area contributed by atoms with Crippen LogP contribution < -0.4 is 5.32 Å². The molecule has 128 valence electrons. The highest BCUT2D eigenvalue weighted by Crippen LogP contribution is 2.33. The van der Waals surface area contributed by atoms with Crippen molar-refractivity contribution in [1.82, 2.24) is 10.2 Å². The molecule has 7 heteroatoms. The second-order valence-corrected chi connectivity index (χ2v) is 5.41. The fourth-order valence-corrected chi connectivity index (χ4v) is 2.84. The highest BCUT2D eigenvalue weighted by Gasteiger charge is 2.30. The fourth-order valence-electron chi connectivity index (χ4n) is 2.84. The molecule has 1 aliphatic rings. The van der Waals surface area contributed by atoms with E-state index in [-0.39, 0.29) is 42.3 Å². The van der Waals surface area contributed by atoms with E-state index in [1.807, 2.05) is 13.8 Å². The van der Waals surface area contributed by atoms with E-state index in [4.69, 9.17) is 0 Å². The lowest BCUT2D eigenvalue weighted by atomic mass is 9.90. The molecule has 1 aromatic rings. The average Bonchev–Trinajstić information content (AvgIpc) is 2.45. The summed E-state index contributed by atoms with van der Waals surface area (Å²) in [5.41, 5.74) is 0.138. The molecule has 0 saturated carbocycles. The quantitative estimate of drug-likeness (QED) is 0.820. The first-order valence-corrected chi connectivity index (χ1v) is 7.13. The molecule has 22 heavy (non-hydrogen) atoms. The molecular formula is C15H23Cl2F3N2. The van der Waals surface area contributed by atoms with E-state index >= 15 is 0 Å². The molecule has 1 unspecified atom stereocenters.